The molecular formula is C31H33F2N7O3. The number of H-pyrrole nitrogens is 1. The molecule has 10 nitrogen and oxygen atoms in total. The van der Waals surface area contributed by atoms with Gasteiger partial charge in [0.15, 0.2) is 0 Å². The van der Waals surface area contributed by atoms with Crippen LogP contribution in [0, 0.1) is 11.9 Å². The van der Waals surface area contributed by atoms with Gasteiger partial charge in [-0.2, -0.15) is 4.39 Å². The summed E-state index contributed by atoms with van der Waals surface area (Å²) in [5.41, 5.74) is -0.146. The zero-order valence-electron chi connectivity index (χ0n) is 29.4. The van der Waals surface area contributed by atoms with Gasteiger partial charge < -0.3 is 15.0 Å². The molecule has 5 aromatic rings. The zero-order chi connectivity index (χ0) is 35.2. The van der Waals surface area contributed by atoms with Gasteiger partial charge in [-0.15, -0.1) is 5.10 Å². The molecule has 2 fully saturated rings. The lowest BCUT2D eigenvalue weighted by atomic mass is 9.80. The van der Waals surface area contributed by atoms with Crippen LogP contribution in [0.1, 0.15) is 53.3 Å². The minimum absolute atomic E-state index is 0.0285. The lowest BCUT2D eigenvalue weighted by Gasteiger charge is -2.38. The van der Waals surface area contributed by atoms with Crippen molar-refractivity contribution in [3.8, 4) is 28.1 Å². The Labute approximate surface area is 254 Å². The Bertz CT molecular complexity index is 2160. The van der Waals surface area contributed by atoms with Crippen LogP contribution in [-0.4, -0.2) is 53.6 Å². The number of methoxy groups -OCH3 is 1. The number of rotatable bonds is 6. The number of hydrogen-bond acceptors (Lipinski definition) is 5. The largest absolute Gasteiger partial charge is 0.497 e. The molecule has 4 heterocycles. The fourth-order valence-electron chi connectivity index (χ4n) is 6.40. The number of ether oxygens (including phenoxy) is 1. The van der Waals surface area contributed by atoms with Crippen LogP contribution in [0.2, 0.25) is 0 Å². The summed E-state index contributed by atoms with van der Waals surface area (Å²) in [5.74, 6) is -1.52. The molecule has 224 valence electrons. The standard InChI is InChI=1S/C31H33F2N7O3/c1-31(36-29(41)19-13-21(19)32)11-9-17(10-12-31)40-26-22(39(3)30(40)42)14-34-28-24(26)23(16-5-7-18(43-4)8-6-16)25(35-28)20-15-38(2)37-27(20)33/h5-8,14-15,17,19,21H,9-13H2,1-4H3,(H,34,35)(H,36,41)/t17?,19-,21+,31?/m0/s1/i2D3,3D3. The number of carbonyl (C=O) groups is 1. The molecule has 4 aromatic heterocycles. The van der Waals surface area contributed by atoms with Crippen molar-refractivity contribution >= 4 is 28.0 Å². The summed E-state index contributed by atoms with van der Waals surface area (Å²) in [6.07, 6.45) is 3.06. The quantitative estimate of drug-likeness (QED) is 0.294. The van der Waals surface area contributed by atoms with Gasteiger partial charge >= 0.3 is 5.69 Å². The van der Waals surface area contributed by atoms with Crippen molar-refractivity contribution < 1.29 is 26.5 Å². The number of carbonyl (C=O) groups excluding carboxylic acids is 1. The van der Waals surface area contributed by atoms with Gasteiger partial charge in [-0.25, -0.2) is 14.2 Å². The molecule has 0 unspecified atom stereocenters. The number of nitrogens with zero attached hydrogens (tertiary/aromatic N) is 5. The van der Waals surface area contributed by atoms with Gasteiger partial charge in [-0.1, -0.05) is 12.1 Å². The van der Waals surface area contributed by atoms with Crippen molar-refractivity contribution in [2.24, 2.45) is 19.9 Å². The number of aryl methyl sites for hydroxylation is 2. The normalized spacial score (nSPS) is 26.3. The predicted molar refractivity (Wildman–Crippen MR) is 158 cm³/mol. The number of alkyl halides is 1. The highest BCUT2D eigenvalue weighted by Gasteiger charge is 2.46. The molecule has 0 aliphatic heterocycles. The molecule has 0 spiro atoms. The average Bonchev–Trinajstić information content (AvgIpc) is 3.31. The van der Waals surface area contributed by atoms with Crippen LogP contribution >= 0.6 is 0 Å². The molecule has 2 N–H and O–H groups in total. The first-order valence-electron chi connectivity index (χ1n) is 17.1. The number of halogens is 2. The first-order chi connectivity index (χ1) is 23.0. The van der Waals surface area contributed by atoms with Crippen LogP contribution in [-0.2, 0) is 18.7 Å². The number of imidazole rings is 1. The second kappa shape index (κ2) is 9.78. The smallest absolute Gasteiger partial charge is 0.329 e. The molecule has 7 rings (SSSR count). The van der Waals surface area contributed by atoms with Gasteiger partial charge in [0.1, 0.15) is 17.6 Å². The first kappa shape index (κ1) is 21.2. The maximum atomic E-state index is 15.5. The van der Waals surface area contributed by atoms with E-state index < -0.39 is 49.3 Å². The van der Waals surface area contributed by atoms with Crippen molar-refractivity contribution in [2.45, 2.75) is 56.8 Å². The van der Waals surface area contributed by atoms with Crippen molar-refractivity contribution in [2.75, 3.05) is 7.11 Å². The maximum absolute atomic E-state index is 15.5. The van der Waals surface area contributed by atoms with E-state index in [2.05, 4.69) is 20.4 Å². The van der Waals surface area contributed by atoms with Crippen molar-refractivity contribution in [1.29, 1.82) is 0 Å². The Morgan fingerprint density at radius 3 is 2.60 bits per heavy atom. The number of aromatic amines is 1. The van der Waals surface area contributed by atoms with E-state index in [1.165, 1.54) is 17.9 Å². The monoisotopic (exact) mass is 595 g/mol. The van der Waals surface area contributed by atoms with Gasteiger partial charge in [-0.3, -0.25) is 18.6 Å². The molecule has 2 atom stereocenters. The third kappa shape index (κ3) is 4.42. The highest BCUT2D eigenvalue weighted by atomic mass is 19.1. The van der Waals surface area contributed by atoms with Crippen LogP contribution in [0.4, 0.5) is 8.78 Å². The summed E-state index contributed by atoms with van der Waals surface area (Å²) in [6, 6.07) is 6.27. The highest BCUT2D eigenvalue weighted by Crippen LogP contribution is 2.44. The minimum Gasteiger partial charge on any atom is -0.497 e. The highest BCUT2D eigenvalue weighted by molar-refractivity contribution is 6.14. The number of benzene rings is 1. The Balaban J connectivity index is 1.45. The van der Waals surface area contributed by atoms with Gasteiger partial charge in [0.25, 0.3) is 0 Å². The summed E-state index contributed by atoms with van der Waals surface area (Å²) in [4.78, 5) is 34.3. The molecule has 1 amide bonds. The van der Waals surface area contributed by atoms with Gasteiger partial charge in [0.05, 0.1) is 46.9 Å². The lowest BCUT2D eigenvalue weighted by Crippen LogP contribution is -2.49. The van der Waals surface area contributed by atoms with Crippen LogP contribution < -0.4 is 15.7 Å². The van der Waals surface area contributed by atoms with E-state index in [1.54, 1.807) is 24.3 Å². The maximum Gasteiger partial charge on any atom is 0.329 e. The number of fused-ring (bicyclic) bond motifs is 3. The SMILES string of the molecule is [2H]C([2H])([2H])n1cc(-c2[nH]c3ncc4c(c3c2-c2ccc(OC)cc2)n(C2CCC(C)(NC(=O)[C@H]3C[C@H]3F)CC2)c(=O)n4C([2H])([2H])[2H])c(F)n1. The van der Waals surface area contributed by atoms with Crippen molar-refractivity contribution in [3.63, 3.8) is 0 Å². The molecule has 12 heteroatoms. The molecule has 2 aliphatic rings. The fourth-order valence-corrected chi connectivity index (χ4v) is 6.40. The van der Waals surface area contributed by atoms with Gasteiger partial charge in [0.2, 0.25) is 11.9 Å². The van der Waals surface area contributed by atoms with E-state index in [1.807, 2.05) is 6.92 Å². The average molecular weight is 596 g/mol. The van der Waals surface area contributed by atoms with E-state index in [9.17, 15) is 14.0 Å². The van der Waals surface area contributed by atoms with Crippen LogP contribution in [0.15, 0.2) is 41.5 Å². The fraction of sp³-hybridized carbons (Fsp3) is 0.419. The molecule has 43 heavy (non-hydrogen) atoms. The van der Waals surface area contributed by atoms with E-state index in [0.29, 0.717) is 52.6 Å². The van der Waals surface area contributed by atoms with Crippen LogP contribution in [0.3, 0.4) is 0 Å². The number of amides is 1. The number of nitrogens with one attached hydrogen (secondary N) is 2. The van der Waals surface area contributed by atoms with Gasteiger partial charge in [-0.05, 0) is 56.7 Å². The summed E-state index contributed by atoms with van der Waals surface area (Å²) in [6.45, 7) is -3.77. The molecule has 1 aromatic carbocycles. The molecule has 2 aliphatic carbocycles. The molecule has 2 saturated carbocycles. The third-order valence-corrected chi connectivity index (χ3v) is 8.87. The number of pyridine rings is 1. The number of hydrogen-bond donors (Lipinski definition) is 2. The lowest BCUT2D eigenvalue weighted by molar-refractivity contribution is -0.125. The minimum atomic E-state index is -2.88. The predicted octanol–water partition coefficient (Wildman–Crippen LogP) is 4.78. The topological polar surface area (TPSA) is 112 Å². The summed E-state index contributed by atoms with van der Waals surface area (Å²) >= 11 is 0. The third-order valence-electron chi connectivity index (χ3n) is 8.87. The second-order valence-corrected chi connectivity index (χ2v) is 11.7. The van der Waals surface area contributed by atoms with E-state index in [4.69, 9.17) is 13.0 Å². The van der Waals surface area contributed by atoms with Crippen molar-refractivity contribution in [1.82, 2.24) is 34.2 Å². The Morgan fingerprint density at radius 2 is 1.98 bits per heavy atom. The first-order valence-corrected chi connectivity index (χ1v) is 14.1. The van der Waals surface area contributed by atoms with E-state index in [0.717, 1.165) is 10.8 Å². The Kier molecular flexibility index (Phi) is 4.83. The van der Waals surface area contributed by atoms with E-state index >= 15 is 4.39 Å². The van der Waals surface area contributed by atoms with Crippen molar-refractivity contribution in [3.05, 3.63) is 53.1 Å². The molecule has 0 bridgehead atoms. The summed E-state index contributed by atoms with van der Waals surface area (Å²) in [5, 5.41) is 6.89. The van der Waals surface area contributed by atoms with Crippen LogP contribution in [0.5, 0.6) is 5.75 Å². The van der Waals surface area contributed by atoms with E-state index in [-0.39, 0.29) is 40.3 Å². The molecular weight excluding hydrogens is 556 g/mol. The molecule has 0 saturated heterocycles. The number of aromatic nitrogens is 6. The Hall–Kier alpha value is -4.48. The molecule has 0 radical (unpaired) electrons. The summed E-state index contributed by atoms with van der Waals surface area (Å²) in [7, 11) is 1.50. The second-order valence-electron chi connectivity index (χ2n) is 11.7. The van der Waals surface area contributed by atoms with Crippen LogP contribution in [0.25, 0.3) is 44.5 Å². The zero-order valence-corrected chi connectivity index (χ0v) is 23.4. The Morgan fingerprint density at radius 1 is 1.23 bits per heavy atom. The van der Waals surface area contributed by atoms with Gasteiger partial charge in [0, 0.05) is 45.5 Å². The summed E-state index contributed by atoms with van der Waals surface area (Å²) < 4.78 is 85.1.